The second kappa shape index (κ2) is 5.98. The van der Waals surface area contributed by atoms with Crippen LogP contribution in [0.15, 0.2) is 42.6 Å². The average molecular weight is 310 g/mol. The Hall–Kier alpha value is -2.44. The Kier molecular flexibility index (Phi) is 3.69. The lowest BCUT2D eigenvalue weighted by Crippen LogP contribution is -2.39. The number of anilines is 1. The molecule has 1 aromatic carbocycles. The Morgan fingerprint density at radius 1 is 1.26 bits per heavy atom. The highest BCUT2D eigenvalue weighted by Gasteiger charge is 2.22. The molecule has 3 heterocycles. The molecule has 1 saturated heterocycles. The molecular formula is C17H18N4O2. The first-order chi connectivity index (χ1) is 11.3. The third-order valence-electron chi connectivity index (χ3n) is 4.34. The van der Waals surface area contributed by atoms with Crippen molar-refractivity contribution in [1.29, 1.82) is 0 Å². The van der Waals surface area contributed by atoms with Gasteiger partial charge in [-0.25, -0.2) is 9.87 Å². The Balaban J connectivity index is 1.69. The fourth-order valence-electron chi connectivity index (χ4n) is 3.15. The minimum atomic E-state index is -0.152. The van der Waals surface area contributed by atoms with E-state index in [0.717, 1.165) is 47.4 Å². The van der Waals surface area contributed by atoms with Crippen LogP contribution < -0.4 is 4.90 Å². The Morgan fingerprint density at radius 3 is 3.09 bits per heavy atom. The number of aromatic amines is 1. The molecule has 6 nitrogen and oxygen atoms in total. The number of nitrogens with zero attached hydrogens (tertiary/aromatic N) is 3. The summed E-state index contributed by atoms with van der Waals surface area (Å²) in [7, 11) is 0. The van der Waals surface area contributed by atoms with E-state index in [1.165, 1.54) is 0 Å². The summed E-state index contributed by atoms with van der Waals surface area (Å²) < 4.78 is 0. The summed E-state index contributed by atoms with van der Waals surface area (Å²) in [4.78, 5) is 11.1. The van der Waals surface area contributed by atoms with Gasteiger partial charge in [0.1, 0.15) is 17.6 Å². The van der Waals surface area contributed by atoms with Crippen molar-refractivity contribution in [3.63, 3.8) is 0 Å². The maximum absolute atomic E-state index is 8.92. The van der Waals surface area contributed by atoms with Gasteiger partial charge in [-0.1, -0.05) is 18.2 Å². The van der Waals surface area contributed by atoms with Gasteiger partial charge in [0.05, 0.1) is 5.52 Å². The number of pyridine rings is 1. The lowest BCUT2D eigenvalue weighted by Gasteiger charge is -2.31. The number of benzene rings is 1. The van der Waals surface area contributed by atoms with E-state index in [2.05, 4.69) is 31.0 Å². The molecular weight excluding hydrogens is 292 g/mol. The van der Waals surface area contributed by atoms with Gasteiger partial charge in [-0.05, 0) is 31.0 Å². The summed E-state index contributed by atoms with van der Waals surface area (Å²) in [6.45, 7) is 1.56. The van der Waals surface area contributed by atoms with Crippen molar-refractivity contribution >= 4 is 16.7 Å². The summed E-state index contributed by atoms with van der Waals surface area (Å²) in [5.74, 6) is 0.885. The minimum absolute atomic E-state index is 0.152. The number of para-hydroxylation sites is 1. The van der Waals surface area contributed by atoms with Crippen LogP contribution in [0.3, 0.4) is 0 Å². The number of nitrogens with one attached hydrogen (secondary N) is 1. The summed E-state index contributed by atoms with van der Waals surface area (Å²) >= 11 is 0. The van der Waals surface area contributed by atoms with Crippen molar-refractivity contribution in [3.05, 3.63) is 42.6 Å². The van der Waals surface area contributed by atoms with Gasteiger partial charge in [0.2, 0.25) is 0 Å². The molecule has 0 amide bonds. The predicted octanol–water partition coefficient (Wildman–Crippen LogP) is 3.08. The van der Waals surface area contributed by atoms with Crippen molar-refractivity contribution in [1.82, 2.24) is 15.2 Å². The Labute approximate surface area is 133 Å². The third kappa shape index (κ3) is 2.67. The molecule has 6 heteroatoms. The maximum Gasteiger partial charge on any atom is 0.129 e. The molecule has 4 rings (SSSR count). The molecule has 0 aliphatic carbocycles. The first-order valence-electron chi connectivity index (χ1n) is 7.80. The second-order valence-electron chi connectivity index (χ2n) is 5.84. The van der Waals surface area contributed by atoms with Gasteiger partial charge in [0.25, 0.3) is 0 Å². The minimum Gasteiger partial charge on any atom is -0.354 e. The lowest BCUT2D eigenvalue weighted by molar-refractivity contribution is -0.278. The van der Waals surface area contributed by atoms with Crippen LogP contribution in [0.1, 0.15) is 12.8 Å². The summed E-state index contributed by atoms with van der Waals surface area (Å²) in [6, 6.07) is 12.1. The molecule has 0 radical (unpaired) electrons. The van der Waals surface area contributed by atoms with Gasteiger partial charge in [0, 0.05) is 30.2 Å². The fraction of sp³-hybridized carbons (Fsp3) is 0.294. The summed E-state index contributed by atoms with van der Waals surface area (Å²) in [6.07, 6.45) is 3.50. The highest BCUT2D eigenvalue weighted by Crippen LogP contribution is 2.28. The molecule has 1 aliphatic rings. The number of rotatable bonds is 3. The van der Waals surface area contributed by atoms with Crippen LogP contribution in [-0.2, 0) is 4.89 Å². The number of hydrogen-bond acceptors (Lipinski definition) is 5. The molecule has 1 fully saturated rings. The predicted molar refractivity (Wildman–Crippen MR) is 88.3 cm³/mol. The maximum atomic E-state index is 8.92. The van der Waals surface area contributed by atoms with Gasteiger partial charge < -0.3 is 4.90 Å². The molecule has 23 heavy (non-hydrogen) atoms. The first-order valence-corrected chi connectivity index (χ1v) is 7.80. The first kappa shape index (κ1) is 14.2. The van der Waals surface area contributed by atoms with E-state index < -0.39 is 0 Å². The standard InChI is InChI=1S/C17H18N4O2/c22-23-13-4-3-9-21(11-13)16-10-12(7-8-18-16)17-14-5-1-2-6-15(14)19-20-17/h1-2,5-8,10,13,22H,3-4,9,11H2,(H,19,20). The van der Waals surface area contributed by atoms with E-state index >= 15 is 0 Å². The number of piperidine rings is 1. The Bertz CT molecular complexity index is 817. The van der Waals surface area contributed by atoms with Crippen molar-refractivity contribution in [2.45, 2.75) is 18.9 Å². The zero-order valence-corrected chi connectivity index (χ0v) is 12.6. The summed E-state index contributed by atoms with van der Waals surface area (Å²) in [5, 5.41) is 17.5. The van der Waals surface area contributed by atoms with E-state index in [1.54, 1.807) is 6.20 Å². The molecule has 2 N–H and O–H groups in total. The quantitative estimate of drug-likeness (QED) is 0.574. The monoisotopic (exact) mass is 310 g/mol. The number of fused-ring (bicyclic) bond motifs is 1. The van der Waals surface area contributed by atoms with Crippen molar-refractivity contribution in [2.75, 3.05) is 18.0 Å². The van der Waals surface area contributed by atoms with Crippen LogP contribution in [0.25, 0.3) is 22.2 Å². The zero-order valence-electron chi connectivity index (χ0n) is 12.6. The van der Waals surface area contributed by atoms with E-state index in [0.29, 0.717) is 6.54 Å². The van der Waals surface area contributed by atoms with Crippen molar-refractivity contribution in [2.24, 2.45) is 0 Å². The number of hydrogen-bond donors (Lipinski definition) is 2. The Morgan fingerprint density at radius 2 is 2.17 bits per heavy atom. The van der Waals surface area contributed by atoms with E-state index in [-0.39, 0.29) is 6.10 Å². The van der Waals surface area contributed by atoms with E-state index in [1.807, 2.05) is 30.3 Å². The van der Waals surface area contributed by atoms with Gasteiger partial charge in [-0.3, -0.25) is 10.4 Å². The lowest BCUT2D eigenvalue weighted by atomic mass is 10.1. The SMILES string of the molecule is OOC1CCCN(c2cc(-c3n[nH]c4ccccc34)ccn2)C1. The van der Waals surface area contributed by atoms with Gasteiger partial charge >= 0.3 is 0 Å². The van der Waals surface area contributed by atoms with Gasteiger partial charge in [-0.15, -0.1) is 0 Å². The van der Waals surface area contributed by atoms with Crippen LogP contribution in [0.4, 0.5) is 5.82 Å². The molecule has 1 atom stereocenters. The average Bonchev–Trinajstić information content (AvgIpc) is 3.06. The molecule has 118 valence electrons. The molecule has 0 saturated carbocycles. The molecule has 0 spiro atoms. The largest absolute Gasteiger partial charge is 0.354 e. The molecule has 2 aromatic heterocycles. The molecule has 0 bridgehead atoms. The second-order valence-corrected chi connectivity index (χ2v) is 5.84. The molecule has 1 unspecified atom stereocenters. The van der Waals surface area contributed by atoms with Gasteiger partial charge in [0.15, 0.2) is 0 Å². The number of H-pyrrole nitrogens is 1. The molecule has 3 aromatic rings. The smallest absolute Gasteiger partial charge is 0.129 e. The van der Waals surface area contributed by atoms with Gasteiger partial charge in [-0.2, -0.15) is 5.10 Å². The summed E-state index contributed by atoms with van der Waals surface area (Å²) in [5.41, 5.74) is 2.98. The fourth-order valence-corrected chi connectivity index (χ4v) is 3.15. The molecule has 1 aliphatic heterocycles. The van der Waals surface area contributed by atoms with Crippen LogP contribution >= 0.6 is 0 Å². The van der Waals surface area contributed by atoms with Crippen molar-refractivity contribution in [3.8, 4) is 11.3 Å². The van der Waals surface area contributed by atoms with Crippen LogP contribution in [0, 0.1) is 0 Å². The highest BCUT2D eigenvalue weighted by atomic mass is 17.1. The van der Waals surface area contributed by atoms with Crippen molar-refractivity contribution < 1.29 is 10.1 Å². The normalized spacial score (nSPS) is 18.5. The topological polar surface area (TPSA) is 74.3 Å². The van der Waals surface area contributed by atoms with E-state index in [4.69, 9.17) is 5.26 Å². The highest BCUT2D eigenvalue weighted by molar-refractivity contribution is 5.93. The zero-order chi connectivity index (χ0) is 15.6. The number of aromatic nitrogens is 3. The third-order valence-corrected chi connectivity index (χ3v) is 4.34. The van der Waals surface area contributed by atoms with E-state index in [9.17, 15) is 0 Å². The van der Waals surface area contributed by atoms with Crippen LogP contribution in [0.2, 0.25) is 0 Å². The van der Waals surface area contributed by atoms with Crippen LogP contribution in [0.5, 0.6) is 0 Å². The van der Waals surface area contributed by atoms with Crippen LogP contribution in [-0.4, -0.2) is 39.6 Å².